The summed E-state index contributed by atoms with van der Waals surface area (Å²) in [6, 6.07) is 14.3. The summed E-state index contributed by atoms with van der Waals surface area (Å²) in [5.74, 6) is -0.306. The maximum atomic E-state index is 14.5. The van der Waals surface area contributed by atoms with Crippen LogP contribution >= 0.6 is 11.6 Å². The summed E-state index contributed by atoms with van der Waals surface area (Å²) in [4.78, 5) is 2.21. The number of hydrogen-bond acceptors (Lipinski definition) is 2. The van der Waals surface area contributed by atoms with Crippen molar-refractivity contribution in [1.29, 1.82) is 5.26 Å². The summed E-state index contributed by atoms with van der Waals surface area (Å²) in [6.45, 7) is 1.95. The molecule has 0 radical (unpaired) electrons. The van der Waals surface area contributed by atoms with Gasteiger partial charge in [0.15, 0.2) is 0 Å². The standard InChI is InChI=1S/C20H18ClFN2/c21-18-7-4-15(5-8-18)17(14-23)12-16-6-9-19(13-20(16)22)24-10-2-1-3-11-24/h4-9,12-13H,1-3,10-11H2. The number of rotatable bonds is 3. The van der Waals surface area contributed by atoms with Gasteiger partial charge in [-0.05, 0) is 61.2 Å². The van der Waals surface area contributed by atoms with E-state index in [2.05, 4.69) is 11.0 Å². The Morgan fingerprint density at radius 2 is 1.79 bits per heavy atom. The Bertz CT molecular complexity index is 784. The smallest absolute Gasteiger partial charge is 0.132 e. The van der Waals surface area contributed by atoms with Gasteiger partial charge in [0.25, 0.3) is 0 Å². The van der Waals surface area contributed by atoms with Crippen LogP contribution in [0.25, 0.3) is 11.6 Å². The maximum absolute atomic E-state index is 14.5. The van der Waals surface area contributed by atoms with Gasteiger partial charge in [-0.25, -0.2) is 4.39 Å². The number of allylic oxidation sites excluding steroid dienone is 1. The number of halogens is 2. The van der Waals surface area contributed by atoms with Gasteiger partial charge in [-0.15, -0.1) is 0 Å². The molecule has 1 heterocycles. The van der Waals surface area contributed by atoms with E-state index in [9.17, 15) is 9.65 Å². The van der Waals surface area contributed by atoms with Crippen molar-refractivity contribution in [3.63, 3.8) is 0 Å². The molecule has 0 spiro atoms. The first-order chi connectivity index (χ1) is 11.7. The lowest BCUT2D eigenvalue weighted by atomic mass is 10.0. The molecule has 24 heavy (non-hydrogen) atoms. The van der Waals surface area contributed by atoms with E-state index in [-0.39, 0.29) is 5.82 Å². The van der Waals surface area contributed by atoms with Crippen molar-refractivity contribution in [2.45, 2.75) is 19.3 Å². The number of anilines is 1. The molecule has 0 saturated carbocycles. The van der Waals surface area contributed by atoms with Crippen LogP contribution in [0.15, 0.2) is 42.5 Å². The predicted octanol–water partition coefficient (Wildman–Crippen LogP) is 5.53. The van der Waals surface area contributed by atoms with Crippen LogP contribution in [0, 0.1) is 17.1 Å². The van der Waals surface area contributed by atoms with Crippen LogP contribution in [0.5, 0.6) is 0 Å². The molecule has 122 valence electrons. The first-order valence-electron chi connectivity index (χ1n) is 8.09. The average molecular weight is 341 g/mol. The maximum Gasteiger partial charge on any atom is 0.132 e. The van der Waals surface area contributed by atoms with Crippen LogP contribution in [0.1, 0.15) is 30.4 Å². The fourth-order valence-electron chi connectivity index (χ4n) is 2.95. The molecule has 4 heteroatoms. The minimum atomic E-state index is -0.306. The van der Waals surface area contributed by atoms with E-state index in [4.69, 9.17) is 11.6 Å². The van der Waals surface area contributed by atoms with Crippen molar-refractivity contribution >= 4 is 28.9 Å². The highest BCUT2D eigenvalue weighted by Gasteiger charge is 2.13. The third-order valence-electron chi connectivity index (χ3n) is 4.28. The van der Waals surface area contributed by atoms with Gasteiger partial charge in [0.05, 0.1) is 11.6 Å². The third-order valence-corrected chi connectivity index (χ3v) is 4.53. The molecule has 0 aliphatic carbocycles. The Hall–Kier alpha value is -2.31. The SMILES string of the molecule is N#CC(=Cc1ccc(N2CCCCC2)cc1F)c1ccc(Cl)cc1. The van der Waals surface area contributed by atoms with Gasteiger partial charge in [0, 0.05) is 29.4 Å². The minimum Gasteiger partial charge on any atom is -0.371 e. The molecule has 0 aromatic heterocycles. The lowest BCUT2D eigenvalue weighted by Gasteiger charge is -2.28. The van der Waals surface area contributed by atoms with Crippen LogP contribution < -0.4 is 4.90 Å². The Morgan fingerprint density at radius 3 is 2.42 bits per heavy atom. The Morgan fingerprint density at radius 1 is 1.08 bits per heavy atom. The number of nitriles is 1. The topological polar surface area (TPSA) is 27.0 Å². The van der Waals surface area contributed by atoms with Crippen LogP contribution in [-0.4, -0.2) is 13.1 Å². The van der Waals surface area contributed by atoms with E-state index >= 15 is 0 Å². The summed E-state index contributed by atoms with van der Waals surface area (Å²) in [7, 11) is 0. The highest BCUT2D eigenvalue weighted by Crippen LogP contribution is 2.25. The van der Waals surface area contributed by atoms with Gasteiger partial charge in [0.2, 0.25) is 0 Å². The van der Waals surface area contributed by atoms with E-state index in [0.29, 0.717) is 16.2 Å². The molecule has 1 aliphatic rings. The first kappa shape index (κ1) is 16.5. The fourth-order valence-corrected chi connectivity index (χ4v) is 3.07. The molecule has 0 bridgehead atoms. The number of nitrogens with zero attached hydrogens (tertiary/aromatic N) is 2. The number of benzene rings is 2. The average Bonchev–Trinajstić information content (AvgIpc) is 2.62. The summed E-state index contributed by atoms with van der Waals surface area (Å²) in [5.41, 5.74) is 2.47. The second-order valence-corrected chi connectivity index (χ2v) is 6.37. The van der Waals surface area contributed by atoms with Gasteiger partial charge in [-0.3, -0.25) is 0 Å². The molecule has 1 aliphatic heterocycles. The summed E-state index contributed by atoms with van der Waals surface area (Å²) in [5, 5.41) is 9.98. The zero-order valence-electron chi connectivity index (χ0n) is 13.3. The van der Waals surface area contributed by atoms with Crippen molar-refractivity contribution < 1.29 is 4.39 Å². The second kappa shape index (κ2) is 7.51. The fraction of sp³-hybridized carbons (Fsp3) is 0.250. The predicted molar refractivity (Wildman–Crippen MR) is 97.4 cm³/mol. The van der Waals surface area contributed by atoms with Gasteiger partial charge >= 0.3 is 0 Å². The van der Waals surface area contributed by atoms with Crippen LogP contribution in [-0.2, 0) is 0 Å². The normalized spacial score (nSPS) is 15.2. The molecule has 3 rings (SSSR count). The van der Waals surface area contributed by atoms with Gasteiger partial charge in [0.1, 0.15) is 5.82 Å². The molecule has 2 aromatic rings. The van der Waals surface area contributed by atoms with Crippen molar-refractivity contribution in [3.8, 4) is 6.07 Å². The quantitative estimate of drug-likeness (QED) is 0.542. The van der Waals surface area contributed by atoms with Gasteiger partial charge < -0.3 is 4.90 Å². The number of hydrogen-bond donors (Lipinski definition) is 0. The molecule has 1 saturated heterocycles. The Balaban J connectivity index is 1.88. The largest absolute Gasteiger partial charge is 0.371 e. The van der Waals surface area contributed by atoms with E-state index in [1.807, 2.05) is 6.07 Å². The highest BCUT2D eigenvalue weighted by atomic mass is 35.5. The lowest BCUT2D eigenvalue weighted by molar-refractivity contribution is 0.574. The minimum absolute atomic E-state index is 0.306. The zero-order valence-corrected chi connectivity index (χ0v) is 14.1. The molecule has 1 fully saturated rings. The zero-order chi connectivity index (χ0) is 16.9. The van der Waals surface area contributed by atoms with Crippen molar-refractivity contribution in [2.24, 2.45) is 0 Å². The highest BCUT2D eigenvalue weighted by molar-refractivity contribution is 6.30. The van der Waals surface area contributed by atoms with Crippen LogP contribution in [0.3, 0.4) is 0 Å². The monoisotopic (exact) mass is 340 g/mol. The number of piperidine rings is 1. The summed E-state index contributed by atoms with van der Waals surface area (Å²) in [6.07, 6.45) is 5.13. The third kappa shape index (κ3) is 3.77. The van der Waals surface area contributed by atoms with E-state index < -0.39 is 0 Å². The Labute approximate surface area is 146 Å². The van der Waals surface area contributed by atoms with E-state index in [1.165, 1.54) is 6.42 Å². The lowest BCUT2D eigenvalue weighted by Crippen LogP contribution is -2.29. The summed E-state index contributed by atoms with van der Waals surface area (Å²) < 4.78 is 14.5. The molecule has 2 aromatic carbocycles. The Kier molecular flexibility index (Phi) is 5.17. The molecule has 0 unspecified atom stereocenters. The first-order valence-corrected chi connectivity index (χ1v) is 8.47. The van der Waals surface area contributed by atoms with E-state index in [1.54, 1.807) is 42.5 Å². The van der Waals surface area contributed by atoms with Crippen molar-refractivity contribution in [2.75, 3.05) is 18.0 Å². The molecule has 2 nitrogen and oxygen atoms in total. The van der Waals surface area contributed by atoms with E-state index in [0.717, 1.165) is 37.2 Å². The molecule has 0 amide bonds. The van der Waals surface area contributed by atoms with Crippen molar-refractivity contribution in [1.82, 2.24) is 0 Å². The van der Waals surface area contributed by atoms with Crippen molar-refractivity contribution in [3.05, 3.63) is 64.4 Å². The molecular weight excluding hydrogens is 323 g/mol. The van der Waals surface area contributed by atoms with Gasteiger partial charge in [-0.1, -0.05) is 23.7 Å². The van der Waals surface area contributed by atoms with Crippen LogP contribution in [0.4, 0.5) is 10.1 Å². The van der Waals surface area contributed by atoms with Crippen LogP contribution in [0.2, 0.25) is 5.02 Å². The molecular formula is C20H18ClFN2. The summed E-state index contributed by atoms with van der Waals surface area (Å²) >= 11 is 5.87. The van der Waals surface area contributed by atoms with Gasteiger partial charge in [-0.2, -0.15) is 5.26 Å². The molecule has 0 atom stereocenters. The molecule has 0 N–H and O–H groups in total. The second-order valence-electron chi connectivity index (χ2n) is 5.93.